The number of rotatable bonds is 19. The van der Waals surface area contributed by atoms with E-state index in [4.69, 9.17) is 9.47 Å². The summed E-state index contributed by atoms with van der Waals surface area (Å²) in [7, 11) is 0. The van der Waals surface area contributed by atoms with Crippen molar-refractivity contribution >= 4 is 0 Å². The quantitative estimate of drug-likeness (QED) is 0.263. The summed E-state index contributed by atoms with van der Waals surface area (Å²) in [4.78, 5) is 0. The van der Waals surface area contributed by atoms with Gasteiger partial charge in [-0.25, -0.2) is 0 Å². The van der Waals surface area contributed by atoms with Gasteiger partial charge in [-0.2, -0.15) is 0 Å². The summed E-state index contributed by atoms with van der Waals surface area (Å²) in [5, 5.41) is 25.8. The Morgan fingerprint density at radius 3 is 1.50 bits per heavy atom. The lowest BCUT2D eigenvalue weighted by Gasteiger charge is -2.14. The zero-order chi connectivity index (χ0) is 17.9. The van der Waals surface area contributed by atoms with Crippen molar-refractivity contribution in [3.63, 3.8) is 0 Å². The summed E-state index contributed by atoms with van der Waals surface area (Å²) >= 11 is 0. The molecule has 0 amide bonds. The van der Waals surface area contributed by atoms with Gasteiger partial charge in [0.15, 0.2) is 0 Å². The molecule has 0 bridgehead atoms. The molecule has 24 heavy (non-hydrogen) atoms. The summed E-state index contributed by atoms with van der Waals surface area (Å²) in [5.74, 6) is 0. The van der Waals surface area contributed by atoms with Crippen LogP contribution >= 0.6 is 0 Å². The fourth-order valence-corrected chi connectivity index (χ4v) is 2.18. The molecule has 4 N–H and O–H groups in total. The molecule has 146 valence electrons. The first-order chi connectivity index (χ1) is 11.7. The largest absolute Gasteiger partial charge is 0.389 e. The predicted octanol–water partition coefficient (Wildman–Crippen LogP) is 1.30. The van der Waals surface area contributed by atoms with Gasteiger partial charge in [-0.15, -0.1) is 0 Å². The fourth-order valence-electron chi connectivity index (χ4n) is 2.18. The molecule has 0 aliphatic carbocycles. The molecule has 6 nitrogen and oxygen atoms in total. The van der Waals surface area contributed by atoms with Gasteiger partial charge in [0.1, 0.15) is 0 Å². The summed E-state index contributed by atoms with van der Waals surface area (Å²) in [6.45, 7) is 9.09. The number of aliphatic hydroxyl groups is 2. The zero-order valence-corrected chi connectivity index (χ0v) is 15.8. The lowest BCUT2D eigenvalue weighted by Crippen LogP contribution is -2.37. The lowest BCUT2D eigenvalue weighted by atomic mass is 10.3. The first kappa shape index (κ1) is 23.8. The van der Waals surface area contributed by atoms with E-state index in [1.54, 1.807) is 0 Å². The van der Waals surface area contributed by atoms with E-state index in [-0.39, 0.29) is 0 Å². The van der Waals surface area contributed by atoms with Crippen molar-refractivity contribution in [3.8, 4) is 0 Å². The van der Waals surface area contributed by atoms with E-state index in [2.05, 4.69) is 24.5 Å². The van der Waals surface area contributed by atoms with Crippen molar-refractivity contribution in [1.82, 2.24) is 10.6 Å². The number of hydrogen-bond donors (Lipinski definition) is 4. The van der Waals surface area contributed by atoms with Crippen molar-refractivity contribution in [3.05, 3.63) is 0 Å². The van der Waals surface area contributed by atoms with Crippen molar-refractivity contribution in [2.75, 3.05) is 52.6 Å². The van der Waals surface area contributed by atoms with Crippen molar-refractivity contribution < 1.29 is 19.7 Å². The molecular formula is C18H40N2O4. The van der Waals surface area contributed by atoms with Crippen molar-refractivity contribution in [2.45, 2.75) is 64.6 Å². The third-order valence-electron chi connectivity index (χ3n) is 3.64. The SMILES string of the molecule is CCCCCOC[C@@H](O)CNCCNC[C@H](O)COCCCCC. The molecular weight excluding hydrogens is 308 g/mol. The predicted molar refractivity (Wildman–Crippen MR) is 98.4 cm³/mol. The van der Waals surface area contributed by atoms with Crippen molar-refractivity contribution in [2.24, 2.45) is 0 Å². The Morgan fingerprint density at radius 2 is 1.12 bits per heavy atom. The van der Waals surface area contributed by atoms with Gasteiger partial charge in [0.05, 0.1) is 25.4 Å². The highest BCUT2D eigenvalue weighted by Gasteiger charge is 2.05. The van der Waals surface area contributed by atoms with Crippen LogP contribution < -0.4 is 10.6 Å². The number of nitrogens with one attached hydrogen (secondary N) is 2. The molecule has 0 fully saturated rings. The molecule has 6 heteroatoms. The average Bonchev–Trinajstić information content (AvgIpc) is 2.57. The first-order valence-electron chi connectivity index (χ1n) is 9.63. The molecule has 0 saturated heterocycles. The lowest BCUT2D eigenvalue weighted by molar-refractivity contribution is 0.0340. The summed E-state index contributed by atoms with van der Waals surface area (Å²) in [6, 6.07) is 0. The zero-order valence-electron chi connectivity index (χ0n) is 15.8. The Kier molecular flexibility index (Phi) is 18.9. The standard InChI is InChI=1S/C18H40N2O4/c1-3-5-7-11-23-15-17(21)13-19-9-10-20-14-18(22)16-24-12-8-6-4-2/h17-22H,3-16H2,1-2H3/t17-,18-/m0/s1. The van der Waals surface area contributed by atoms with E-state index in [0.717, 1.165) is 39.1 Å². The second-order valence-electron chi connectivity index (χ2n) is 6.28. The topological polar surface area (TPSA) is 83.0 Å². The van der Waals surface area contributed by atoms with Gasteiger partial charge in [-0.1, -0.05) is 39.5 Å². The summed E-state index contributed by atoms with van der Waals surface area (Å²) < 4.78 is 10.8. The number of unbranched alkanes of at least 4 members (excludes halogenated alkanes) is 4. The third-order valence-corrected chi connectivity index (χ3v) is 3.64. The highest BCUT2D eigenvalue weighted by atomic mass is 16.5. The number of hydrogen-bond acceptors (Lipinski definition) is 6. The van der Waals surface area contributed by atoms with Crippen LogP contribution in [0.3, 0.4) is 0 Å². The van der Waals surface area contributed by atoms with Gasteiger partial charge in [-0.3, -0.25) is 0 Å². The van der Waals surface area contributed by atoms with Gasteiger partial charge in [0, 0.05) is 39.4 Å². The van der Waals surface area contributed by atoms with E-state index in [1.807, 2.05) is 0 Å². The Balaban J connectivity index is 3.25. The van der Waals surface area contributed by atoms with E-state index < -0.39 is 12.2 Å². The van der Waals surface area contributed by atoms with Gasteiger partial charge >= 0.3 is 0 Å². The average molecular weight is 349 g/mol. The van der Waals surface area contributed by atoms with Crippen LogP contribution in [0.15, 0.2) is 0 Å². The number of aliphatic hydroxyl groups excluding tert-OH is 2. The van der Waals surface area contributed by atoms with Crippen LogP contribution in [-0.2, 0) is 9.47 Å². The highest BCUT2D eigenvalue weighted by molar-refractivity contribution is 4.62. The molecule has 0 unspecified atom stereocenters. The van der Waals surface area contributed by atoms with Crippen LogP contribution in [0.25, 0.3) is 0 Å². The monoisotopic (exact) mass is 348 g/mol. The molecule has 0 radical (unpaired) electrons. The van der Waals surface area contributed by atoms with E-state index in [1.165, 1.54) is 25.7 Å². The molecule has 0 spiro atoms. The van der Waals surface area contributed by atoms with Gasteiger partial charge < -0.3 is 30.3 Å². The van der Waals surface area contributed by atoms with Gasteiger partial charge in [-0.05, 0) is 12.8 Å². The van der Waals surface area contributed by atoms with Crippen molar-refractivity contribution in [1.29, 1.82) is 0 Å². The Labute approximate surface area is 148 Å². The van der Waals surface area contributed by atoms with Crippen LogP contribution in [0.4, 0.5) is 0 Å². The number of ether oxygens (including phenoxy) is 2. The summed E-state index contributed by atoms with van der Waals surface area (Å²) in [6.07, 6.45) is 5.91. The Morgan fingerprint density at radius 1 is 0.708 bits per heavy atom. The molecule has 2 atom stereocenters. The molecule has 0 heterocycles. The Bertz CT molecular complexity index is 221. The minimum absolute atomic E-state index is 0.387. The van der Waals surface area contributed by atoms with E-state index >= 15 is 0 Å². The van der Waals surface area contributed by atoms with Crippen LogP contribution in [0.5, 0.6) is 0 Å². The second kappa shape index (κ2) is 19.1. The molecule has 0 aromatic rings. The second-order valence-corrected chi connectivity index (χ2v) is 6.28. The maximum absolute atomic E-state index is 9.74. The third kappa shape index (κ3) is 18.1. The van der Waals surface area contributed by atoms with Gasteiger partial charge in [0.2, 0.25) is 0 Å². The fraction of sp³-hybridized carbons (Fsp3) is 1.00. The maximum atomic E-state index is 9.74. The minimum atomic E-state index is -0.464. The maximum Gasteiger partial charge on any atom is 0.0897 e. The molecule has 0 aromatic heterocycles. The van der Waals surface area contributed by atoms with Crippen LogP contribution in [0.2, 0.25) is 0 Å². The molecule has 0 rings (SSSR count). The van der Waals surface area contributed by atoms with Crippen LogP contribution in [0, 0.1) is 0 Å². The van der Waals surface area contributed by atoms with Crippen LogP contribution in [-0.4, -0.2) is 75.0 Å². The molecule has 0 aliphatic heterocycles. The smallest absolute Gasteiger partial charge is 0.0897 e. The molecule has 0 aliphatic rings. The normalized spacial score (nSPS) is 14.0. The van der Waals surface area contributed by atoms with E-state index in [0.29, 0.717) is 26.3 Å². The van der Waals surface area contributed by atoms with E-state index in [9.17, 15) is 10.2 Å². The summed E-state index contributed by atoms with van der Waals surface area (Å²) in [5.41, 5.74) is 0. The Hall–Kier alpha value is -0.240. The van der Waals surface area contributed by atoms with Crippen LogP contribution in [0.1, 0.15) is 52.4 Å². The highest BCUT2D eigenvalue weighted by Crippen LogP contribution is 1.95. The van der Waals surface area contributed by atoms with Gasteiger partial charge in [0.25, 0.3) is 0 Å². The molecule has 0 aromatic carbocycles. The molecule has 0 saturated carbocycles. The first-order valence-corrected chi connectivity index (χ1v) is 9.63. The minimum Gasteiger partial charge on any atom is -0.389 e.